The van der Waals surface area contributed by atoms with Gasteiger partial charge in [0.1, 0.15) is 24.2 Å². The van der Waals surface area contributed by atoms with Crippen molar-refractivity contribution in [1.29, 1.82) is 0 Å². The molecule has 2 aromatic rings. The molecule has 1 aliphatic heterocycles. The second-order valence-corrected chi connectivity index (χ2v) is 10.6. The van der Waals surface area contributed by atoms with E-state index in [-0.39, 0.29) is 36.6 Å². The number of carbonyl (C=O) groups excluding carboxylic acids is 1. The van der Waals surface area contributed by atoms with Gasteiger partial charge in [0.25, 0.3) is 0 Å². The lowest BCUT2D eigenvalue weighted by Crippen LogP contribution is -2.40. The smallest absolute Gasteiger partial charge is 0.338 e. The average molecular weight is 522 g/mol. The number of phenolic OH excluding ortho intramolecular Hbond substituents is 1. The molecule has 11 heteroatoms. The number of hydrogen-bond donors (Lipinski definition) is 5. The molecule has 5 N–H and O–H groups in total. The van der Waals surface area contributed by atoms with E-state index in [4.69, 9.17) is 9.47 Å². The molecule has 2 atom stereocenters. The summed E-state index contributed by atoms with van der Waals surface area (Å²) in [4.78, 5) is 12.0. The second kappa shape index (κ2) is 12.9. The highest BCUT2D eigenvalue weighted by Gasteiger charge is 2.26. The van der Waals surface area contributed by atoms with Crippen LogP contribution in [0, 0.1) is 5.92 Å². The first-order chi connectivity index (χ1) is 17.2. The van der Waals surface area contributed by atoms with Crippen molar-refractivity contribution in [2.45, 2.75) is 31.9 Å². The van der Waals surface area contributed by atoms with Crippen LogP contribution in [0.1, 0.15) is 41.7 Å². The van der Waals surface area contributed by atoms with Crippen molar-refractivity contribution in [3.05, 3.63) is 53.6 Å². The monoisotopic (exact) mass is 521 g/mol. The molecule has 10 nitrogen and oxygen atoms in total. The van der Waals surface area contributed by atoms with Gasteiger partial charge < -0.3 is 30.3 Å². The molecule has 3 rings (SSSR count). The van der Waals surface area contributed by atoms with Crippen LogP contribution < -0.4 is 20.1 Å². The zero-order valence-electron chi connectivity index (χ0n) is 20.6. The van der Waals surface area contributed by atoms with Gasteiger partial charge in [-0.25, -0.2) is 13.2 Å². The fraction of sp³-hybridized carbons (Fsp3) is 0.480. The number of aliphatic hydroxyl groups is 1. The van der Waals surface area contributed by atoms with E-state index < -0.39 is 16.1 Å². The molecule has 1 heterocycles. The summed E-state index contributed by atoms with van der Waals surface area (Å²) in [5, 5.41) is 27.3. The third-order valence-electron chi connectivity index (χ3n) is 5.92. The van der Waals surface area contributed by atoms with Gasteiger partial charge in [-0.3, -0.25) is 4.72 Å². The first kappa shape index (κ1) is 27.7. The Morgan fingerprint density at radius 2 is 1.86 bits per heavy atom. The molecule has 198 valence electrons. The lowest BCUT2D eigenvalue weighted by Gasteiger charge is -2.32. The van der Waals surface area contributed by atoms with Gasteiger partial charge in [0.15, 0.2) is 0 Å². The van der Waals surface area contributed by atoms with Gasteiger partial charge in [-0.1, -0.05) is 12.1 Å². The highest BCUT2D eigenvalue weighted by Crippen LogP contribution is 2.30. The van der Waals surface area contributed by atoms with Crippen LogP contribution in [0.3, 0.4) is 0 Å². The minimum absolute atomic E-state index is 0.000137. The summed E-state index contributed by atoms with van der Waals surface area (Å²) in [6.07, 6.45) is 2.10. The van der Waals surface area contributed by atoms with E-state index >= 15 is 0 Å². The predicted molar refractivity (Wildman–Crippen MR) is 137 cm³/mol. The van der Waals surface area contributed by atoms with E-state index in [1.54, 1.807) is 19.1 Å². The molecule has 1 aliphatic rings. The molecule has 1 saturated heterocycles. The second-order valence-electron chi connectivity index (χ2n) is 8.83. The van der Waals surface area contributed by atoms with Crippen LogP contribution in [0.2, 0.25) is 0 Å². The standard InChI is InChI=1S/C25H35N3O7S/c1-3-34-25(31)19-6-4-17(5-7-19)24(18-10-12-26-13-11-18)27-15-20(29)16-35-21-8-9-23(30)22(14-21)28-36(2,32)33/h4-9,14,18,20,24,26-30H,3,10-13,15-16H2,1-2H3/t20-,24?/m0/s1. The Kier molecular flexibility index (Phi) is 9.94. The maximum Gasteiger partial charge on any atom is 0.338 e. The number of nitrogens with one attached hydrogen (secondary N) is 3. The Bertz CT molecular complexity index is 1100. The molecule has 2 aromatic carbocycles. The number of hydrogen-bond acceptors (Lipinski definition) is 9. The molecule has 0 amide bonds. The number of anilines is 1. The number of carbonyl (C=O) groups is 1. The van der Waals surface area contributed by atoms with Gasteiger partial charge in [0.05, 0.1) is 24.1 Å². The summed E-state index contributed by atoms with van der Waals surface area (Å²) in [6.45, 7) is 4.16. The molecule has 0 saturated carbocycles. The molecule has 1 unspecified atom stereocenters. The van der Waals surface area contributed by atoms with Gasteiger partial charge in [-0.2, -0.15) is 0 Å². The minimum atomic E-state index is -3.57. The number of piperidine rings is 1. The Morgan fingerprint density at radius 1 is 1.17 bits per heavy atom. The third-order valence-corrected chi connectivity index (χ3v) is 6.51. The van der Waals surface area contributed by atoms with Crippen molar-refractivity contribution in [3.63, 3.8) is 0 Å². The Balaban J connectivity index is 1.62. The summed E-state index contributed by atoms with van der Waals surface area (Å²) in [7, 11) is -3.57. The normalized spacial score (nSPS) is 16.2. The number of sulfonamides is 1. The van der Waals surface area contributed by atoms with Crippen molar-refractivity contribution in [3.8, 4) is 11.5 Å². The zero-order chi connectivity index (χ0) is 26.1. The molecule has 1 fully saturated rings. The van der Waals surface area contributed by atoms with Gasteiger partial charge in [-0.05, 0) is 68.6 Å². The molecular weight excluding hydrogens is 486 g/mol. The molecular formula is C25H35N3O7S. The maximum atomic E-state index is 12.0. The summed E-state index contributed by atoms with van der Waals surface area (Å²) in [5.74, 6) is 0.0814. The van der Waals surface area contributed by atoms with E-state index in [2.05, 4.69) is 15.4 Å². The average Bonchev–Trinajstić information content (AvgIpc) is 2.85. The number of ether oxygens (including phenoxy) is 2. The summed E-state index contributed by atoms with van der Waals surface area (Å²) in [6, 6.07) is 11.5. The van der Waals surface area contributed by atoms with Crippen molar-refractivity contribution >= 4 is 21.7 Å². The van der Waals surface area contributed by atoms with Crippen LogP contribution in [0.15, 0.2) is 42.5 Å². The fourth-order valence-corrected chi connectivity index (χ4v) is 4.74. The molecule has 0 aromatic heterocycles. The minimum Gasteiger partial charge on any atom is -0.506 e. The molecule has 0 aliphatic carbocycles. The van der Waals surface area contributed by atoms with E-state index in [0.717, 1.165) is 37.8 Å². The Hall–Kier alpha value is -2.86. The number of aliphatic hydroxyl groups excluding tert-OH is 1. The fourth-order valence-electron chi connectivity index (χ4n) is 4.18. The first-order valence-electron chi connectivity index (χ1n) is 12.0. The van der Waals surface area contributed by atoms with Crippen LogP contribution in [0.4, 0.5) is 5.69 Å². The largest absolute Gasteiger partial charge is 0.506 e. The lowest BCUT2D eigenvalue weighted by atomic mass is 9.85. The highest BCUT2D eigenvalue weighted by molar-refractivity contribution is 7.92. The molecule has 0 radical (unpaired) electrons. The van der Waals surface area contributed by atoms with Crippen LogP contribution in [0.5, 0.6) is 11.5 Å². The van der Waals surface area contributed by atoms with E-state index in [1.807, 2.05) is 12.1 Å². The van der Waals surface area contributed by atoms with Gasteiger partial charge >= 0.3 is 5.97 Å². The van der Waals surface area contributed by atoms with Crippen molar-refractivity contribution < 1.29 is 32.9 Å². The van der Waals surface area contributed by atoms with Gasteiger partial charge in [0, 0.05) is 18.7 Å². The lowest BCUT2D eigenvalue weighted by molar-refractivity contribution is 0.0526. The Labute approximate surface area is 212 Å². The van der Waals surface area contributed by atoms with Crippen LogP contribution in [-0.4, -0.2) is 69.8 Å². The summed E-state index contributed by atoms with van der Waals surface area (Å²) < 4.78 is 35.9. The quantitative estimate of drug-likeness (QED) is 0.209. The maximum absolute atomic E-state index is 12.0. The first-order valence-corrected chi connectivity index (χ1v) is 13.9. The van der Waals surface area contributed by atoms with Gasteiger partial charge in [-0.15, -0.1) is 0 Å². The zero-order valence-corrected chi connectivity index (χ0v) is 21.4. The van der Waals surface area contributed by atoms with Crippen molar-refractivity contribution in [2.75, 3.05) is 43.8 Å². The number of rotatable bonds is 12. The topological polar surface area (TPSA) is 146 Å². The number of aromatic hydroxyl groups is 1. The van der Waals surface area contributed by atoms with Crippen LogP contribution >= 0.6 is 0 Å². The number of benzene rings is 2. The number of phenols is 1. The molecule has 0 bridgehead atoms. The SMILES string of the molecule is CCOC(=O)c1ccc(C(NC[C@H](O)COc2ccc(O)c(NS(C)(=O)=O)c2)C2CCNCC2)cc1. The molecule has 36 heavy (non-hydrogen) atoms. The number of esters is 1. The summed E-state index contributed by atoms with van der Waals surface area (Å²) >= 11 is 0. The van der Waals surface area contributed by atoms with Crippen LogP contribution in [-0.2, 0) is 14.8 Å². The predicted octanol–water partition coefficient (Wildman–Crippen LogP) is 2.01. The summed E-state index contributed by atoms with van der Waals surface area (Å²) in [5.41, 5.74) is 1.52. The van der Waals surface area contributed by atoms with Crippen molar-refractivity contribution in [1.82, 2.24) is 10.6 Å². The highest BCUT2D eigenvalue weighted by atomic mass is 32.2. The van der Waals surface area contributed by atoms with Crippen LogP contribution in [0.25, 0.3) is 0 Å². The van der Waals surface area contributed by atoms with Gasteiger partial charge in [0.2, 0.25) is 10.0 Å². The van der Waals surface area contributed by atoms with Crippen molar-refractivity contribution in [2.24, 2.45) is 5.92 Å². The van der Waals surface area contributed by atoms with E-state index in [9.17, 15) is 23.4 Å². The van der Waals surface area contributed by atoms with E-state index in [1.165, 1.54) is 18.2 Å². The molecule has 0 spiro atoms. The van der Waals surface area contributed by atoms with E-state index in [0.29, 0.717) is 23.8 Å². The third kappa shape index (κ3) is 8.37. The Morgan fingerprint density at radius 3 is 2.50 bits per heavy atom.